The number of nitrogens with two attached hydrogens (primary N) is 1. The monoisotopic (exact) mass is 331 g/mol. The Balaban J connectivity index is 2.04. The zero-order chi connectivity index (χ0) is 16.9. The highest BCUT2D eigenvalue weighted by Crippen LogP contribution is 2.32. The topological polar surface area (TPSA) is 43.1 Å². The highest BCUT2D eigenvalue weighted by molar-refractivity contribution is 7.79. The molecule has 0 bridgehead atoms. The molecule has 0 aliphatic rings. The van der Waals surface area contributed by atoms with Gasteiger partial charge in [-0.05, 0) is 29.4 Å². The van der Waals surface area contributed by atoms with Gasteiger partial charge < -0.3 is 5.73 Å². The Morgan fingerprint density at radius 3 is 1.54 bits per heavy atom. The molecule has 0 atom stereocenters. The van der Waals surface area contributed by atoms with Crippen molar-refractivity contribution < 1.29 is 4.79 Å². The van der Waals surface area contributed by atoms with E-state index in [2.05, 4.69) is 67.2 Å². The Labute approximate surface area is 143 Å². The van der Waals surface area contributed by atoms with E-state index in [1.807, 2.05) is 24.3 Å². The van der Waals surface area contributed by atoms with Crippen LogP contribution in [0.2, 0.25) is 0 Å². The predicted molar refractivity (Wildman–Crippen MR) is 103 cm³/mol. The first-order valence-corrected chi connectivity index (χ1v) is 9.00. The normalized spacial score (nSPS) is 10.5. The van der Waals surface area contributed by atoms with Crippen LogP contribution < -0.4 is 21.6 Å². The van der Waals surface area contributed by atoms with Gasteiger partial charge in [0.25, 0.3) is 0 Å². The first-order valence-electron chi connectivity index (χ1n) is 7.66. The summed E-state index contributed by atoms with van der Waals surface area (Å²) in [6.45, 7) is 3.75. The van der Waals surface area contributed by atoms with E-state index >= 15 is 0 Å². The van der Waals surface area contributed by atoms with Crippen LogP contribution in [0.3, 0.4) is 0 Å². The number of benzene rings is 3. The molecule has 0 radical (unpaired) electrons. The molecule has 2 nitrogen and oxygen atoms in total. The van der Waals surface area contributed by atoms with Gasteiger partial charge in [-0.2, -0.15) is 0 Å². The van der Waals surface area contributed by atoms with Gasteiger partial charge in [0.2, 0.25) is 5.91 Å². The molecule has 3 aromatic carbocycles. The number of rotatable bonds is 5. The molecular weight excluding hydrogens is 313 g/mol. The van der Waals surface area contributed by atoms with E-state index in [9.17, 15) is 4.79 Å². The minimum absolute atomic E-state index is 0.338. The molecular formula is C21H18NOP. The fourth-order valence-electron chi connectivity index (χ4n) is 2.56. The van der Waals surface area contributed by atoms with Crippen LogP contribution in [-0.4, -0.2) is 5.91 Å². The molecule has 0 heterocycles. The van der Waals surface area contributed by atoms with Gasteiger partial charge in [0, 0.05) is 5.57 Å². The Bertz CT molecular complexity index is 803. The molecule has 0 unspecified atom stereocenters. The lowest BCUT2D eigenvalue weighted by Gasteiger charge is -2.19. The summed E-state index contributed by atoms with van der Waals surface area (Å²) < 4.78 is 0. The predicted octanol–water partition coefficient (Wildman–Crippen LogP) is 2.94. The lowest BCUT2D eigenvalue weighted by Crippen LogP contribution is -2.20. The summed E-state index contributed by atoms with van der Waals surface area (Å²) in [6.07, 6.45) is 0. The van der Waals surface area contributed by atoms with Crippen molar-refractivity contribution in [2.45, 2.75) is 0 Å². The fraction of sp³-hybridized carbons (Fsp3) is 0. The molecule has 2 N–H and O–H groups in total. The number of amides is 1. The summed E-state index contributed by atoms with van der Waals surface area (Å²) in [6, 6.07) is 28.9. The van der Waals surface area contributed by atoms with Gasteiger partial charge in [-0.15, -0.1) is 0 Å². The molecule has 0 aliphatic heterocycles. The molecule has 0 fully saturated rings. The lowest BCUT2D eigenvalue weighted by molar-refractivity contribution is -0.112. The second kappa shape index (κ2) is 7.25. The van der Waals surface area contributed by atoms with Crippen LogP contribution in [0.5, 0.6) is 0 Å². The molecule has 118 valence electrons. The van der Waals surface area contributed by atoms with Crippen LogP contribution in [0.4, 0.5) is 0 Å². The summed E-state index contributed by atoms with van der Waals surface area (Å²) in [5, 5.41) is 3.81. The number of hydrogen-bond acceptors (Lipinski definition) is 1. The Hall–Kier alpha value is -2.70. The van der Waals surface area contributed by atoms with Crippen molar-refractivity contribution in [3.63, 3.8) is 0 Å². The first-order chi connectivity index (χ1) is 11.7. The third-order valence-electron chi connectivity index (χ3n) is 3.80. The second-order valence-electron chi connectivity index (χ2n) is 5.40. The summed E-state index contributed by atoms with van der Waals surface area (Å²) in [5.41, 5.74) is 6.42. The lowest BCUT2D eigenvalue weighted by atomic mass is 10.1. The minimum Gasteiger partial charge on any atom is -0.366 e. The van der Waals surface area contributed by atoms with Gasteiger partial charge in [-0.25, -0.2) is 0 Å². The Morgan fingerprint density at radius 2 is 1.12 bits per heavy atom. The van der Waals surface area contributed by atoms with Crippen molar-refractivity contribution in [1.29, 1.82) is 0 Å². The molecule has 0 saturated heterocycles. The van der Waals surface area contributed by atoms with Gasteiger partial charge >= 0.3 is 0 Å². The standard InChI is InChI=1S/C21H18NOP/c1-16(21(22)23)17-12-14-20(15-13-17)24(18-8-4-2-5-9-18)19-10-6-3-7-11-19/h2-15H,1H2,(H2,22,23). The summed E-state index contributed by atoms with van der Waals surface area (Å²) >= 11 is 0. The molecule has 1 amide bonds. The van der Waals surface area contributed by atoms with Crippen molar-refractivity contribution in [3.8, 4) is 0 Å². The van der Waals surface area contributed by atoms with Crippen molar-refractivity contribution in [1.82, 2.24) is 0 Å². The van der Waals surface area contributed by atoms with Crippen LogP contribution in [0.25, 0.3) is 5.57 Å². The number of hydrogen-bond donors (Lipinski definition) is 1. The van der Waals surface area contributed by atoms with Gasteiger partial charge in [0.05, 0.1) is 0 Å². The third-order valence-corrected chi connectivity index (χ3v) is 6.24. The summed E-state index contributed by atoms with van der Waals surface area (Å²) in [7, 11) is -0.639. The minimum atomic E-state index is -0.639. The highest BCUT2D eigenvalue weighted by atomic mass is 31.1. The van der Waals surface area contributed by atoms with Gasteiger partial charge in [0.1, 0.15) is 0 Å². The Morgan fingerprint density at radius 1 is 0.708 bits per heavy atom. The number of primary amides is 1. The van der Waals surface area contributed by atoms with E-state index in [1.165, 1.54) is 15.9 Å². The highest BCUT2D eigenvalue weighted by Gasteiger charge is 2.16. The van der Waals surface area contributed by atoms with Crippen molar-refractivity contribution in [2.24, 2.45) is 5.73 Å². The number of carbonyl (C=O) groups is 1. The average molecular weight is 331 g/mol. The van der Waals surface area contributed by atoms with Gasteiger partial charge in [-0.1, -0.05) is 91.5 Å². The van der Waals surface area contributed by atoms with E-state index in [0.717, 1.165) is 5.56 Å². The zero-order valence-corrected chi connectivity index (χ0v) is 14.1. The van der Waals surface area contributed by atoms with E-state index < -0.39 is 13.8 Å². The molecule has 3 heteroatoms. The molecule has 0 spiro atoms. The Kier molecular flexibility index (Phi) is 4.88. The maximum atomic E-state index is 11.3. The van der Waals surface area contributed by atoms with Crippen LogP contribution in [-0.2, 0) is 4.79 Å². The molecule has 24 heavy (non-hydrogen) atoms. The largest absolute Gasteiger partial charge is 0.366 e. The van der Waals surface area contributed by atoms with E-state index in [1.54, 1.807) is 0 Å². The smallest absolute Gasteiger partial charge is 0.248 e. The third kappa shape index (κ3) is 3.45. The maximum absolute atomic E-state index is 11.3. The summed E-state index contributed by atoms with van der Waals surface area (Å²) in [4.78, 5) is 11.3. The van der Waals surface area contributed by atoms with Crippen molar-refractivity contribution in [3.05, 3.63) is 97.1 Å². The average Bonchev–Trinajstić information content (AvgIpc) is 2.64. The molecule has 0 saturated carbocycles. The SMILES string of the molecule is C=C(C(N)=O)c1ccc(P(c2ccccc2)c2ccccc2)cc1. The van der Waals surface area contributed by atoms with E-state index in [-0.39, 0.29) is 0 Å². The van der Waals surface area contributed by atoms with Crippen LogP contribution in [0, 0.1) is 0 Å². The first kappa shape index (κ1) is 16.2. The summed E-state index contributed by atoms with van der Waals surface area (Å²) in [5.74, 6) is -0.490. The molecule has 3 rings (SSSR count). The zero-order valence-electron chi connectivity index (χ0n) is 13.2. The van der Waals surface area contributed by atoms with Crippen LogP contribution in [0.1, 0.15) is 5.56 Å². The maximum Gasteiger partial charge on any atom is 0.248 e. The van der Waals surface area contributed by atoms with Gasteiger partial charge in [0.15, 0.2) is 0 Å². The second-order valence-corrected chi connectivity index (χ2v) is 7.62. The van der Waals surface area contributed by atoms with E-state index in [0.29, 0.717) is 5.57 Å². The quantitative estimate of drug-likeness (QED) is 0.567. The van der Waals surface area contributed by atoms with E-state index in [4.69, 9.17) is 5.73 Å². The van der Waals surface area contributed by atoms with Crippen LogP contribution in [0.15, 0.2) is 91.5 Å². The fourth-order valence-corrected chi connectivity index (χ4v) is 4.84. The van der Waals surface area contributed by atoms with Crippen LogP contribution >= 0.6 is 7.92 Å². The molecule has 0 aromatic heterocycles. The number of carbonyl (C=O) groups excluding carboxylic acids is 1. The van der Waals surface area contributed by atoms with Gasteiger partial charge in [-0.3, -0.25) is 4.79 Å². The van der Waals surface area contributed by atoms with Crippen molar-refractivity contribution in [2.75, 3.05) is 0 Å². The van der Waals surface area contributed by atoms with Crippen molar-refractivity contribution >= 4 is 35.3 Å². The molecule has 0 aliphatic carbocycles. The molecule has 3 aromatic rings.